The first kappa shape index (κ1) is 31.9. The zero-order chi connectivity index (χ0) is 31.9. The average Bonchev–Trinajstić information content (AvgIpc) is 2.91. The van der Waals surface area contributed by atoms with Gasteiger partial charge < -0.3 is 24.8 Å². The van der Waals surface area contributed by atoms with Gasteiger partial charge in [-0.25, -0.2) is 10.1 Å². The van der Waals surface area contributed by atoms with E-state index in [1.165, 1.54) is 29.8 Å². The lowest BCUT2D eigenvalue weighted by Crippen LogP contribution is -2.69. The van der Waals surface area contributed by atoms with E-state index in [2.05, 4.69) is 28.0 Å². The number of hydrogen-bond donors (Lipinski definition) is 3. The first-order chi connectivity index (χ1) is 20.0. The fraction of sp³-hybridized carbons (Fsp3) is 0.500. The van der Waals surface area contributed by atoms with Gasteiger partial charge in [0, 0.05) is 26.2 Å². The van der Waals surface area contributed by atoms with Crippen molar-refractivity contribution in [3.8, 4) is 6.07 Å². The third kappa shape index (κ3) is 6.20. The summed E-state index contributed by atoms with van der Waals surface area (Å²) in [4.78, 5) is 43.7. The van der Waals surface area contributed by atoms with E-state index < -0.39 is 63.1 Å². The Morgan fingerprint density at radius 1 is 1.26 bits per heavy atom. The van der Waals surface area contributed by atoms with E-state index >= 15 is 0 Å². The molecule has 1 saturated heterocycles. The van der Waals surface area contributed by atoms with Crippen molar-refractivity contribution >= 4 is 41.6 Å². The second kappa shape index (κ2) is 11.6. The van der Waals surface area contributed by atoms with Gasteiger partial charge in [-0.1, -0.05) is 0 Å². The molecule has 0 aliphatic carbocycles. The molecule has 2 aromatic heterocycles. The second-order valence-electron chi connectivity index (χ2n) is 9.84. The predicted octanol–water partition coefficient (Wildman–Crippen LogP) is 2.23. The number of carbonyl (C=O) groups excluding carboxylic acids is 2. The molecule has 2 atom stereocenters. The van der Waals surface area contributed by atoms with Crippen LogP contribution in [0, 0.1) is 11.3 Å². The topological polar surface area (TPSA) is 148 Å². The zero-order valence-electron chi connectivity index (χ0n) is 22.5. The molecule has 2 aliphatic rings. The monoisotopic (exact) mass is 634 g/mol. The number of H-pyrrole nitrogens is 1. The van der Waals surface area contributed by atoms with Crippen LogP contribution in [0.25, 0.3) is 0 Å². The molecule has 0 spiro atoms. The first-order valence-corrected chi connectivity index (χ1v) is 13.0. The Labute approximate surface area is 245 Å². The molecular weight excluding hydrogens is 610 g/mol. The number of piperazine rings is 1. The Morgan fingerprint density at radius 3 is 2.58 bits per heavy atom. The third-order valence-electron chi connectivity index (χ3n) is 6.83. The molecule has 12 nitrogen and oxygen atoms in total. The first-order valence-electron chi connectivity index (χ1n) is 12.6. The lowest BCUT2D eigenvalue weighted by molar-refractivity contribution is -0.139. The SMILES string of the molecule is C[C@@H](COCCC(=O)N1CCN2c3nc(C#N)c(C(F)(F)F)cc3N(C)C(=O)[C@@]2(S)C1)Nc1cn[nH]c(=O)c1C(F)(F)F. The minimum Gasteiger partial charge on any atom is -0.379 e. The maximum absolute atomic E-state index is 13.5. The quantitative estimate of drug-likeness (QED) is 0.237. The van der Waals surface area contributed by atoms with Gasteiger partial charge in [0.15, 0.2) is 16.4 Å². The van der Waals surface area contributed by atoms with Crippen molar-refractivity contribution in [3.63, 3.8) is 0 Å². The van der Waals surface area contributed by atoms with Gasteiger partial charge in [-0.15, -0.1) is 12.6 Å². The van der Waals surface area contributed by atoms with E-state index in [0.717, 1.165) is 11.1 Å². The number of amides is 2. The van der Waals surface area contributed by atoms with Crippen molar-refractivity contribution in [2.45, 2.75) is 36.6 Å². The minimum atomic E-state index is -4.92. The lowest BCUT2D eigenvalue weighted by Gasteiger charge is -2.52. The van der Waals surface area contributed by atoms with Gasteiger partial charge in [0.1, 0.15) is 11.6 Å². The molecule has 43 heavy (non-hydrogen) atoms. The molecule has 0 saturated carbocycles. The van der Waals surface area contributed by atoms with Crippen LogP contribution in [0.5, 0.6) is 0 Å². The Morgan fingerprint density at radius 2 is 1.95 bits per heavy atom. The summed E-state index contributed by atoms with van der Waals surface area (Å²) in [6.07, 6.45) is -9.14. The number of alkyl halides is 6. The summed E-state index contributed by atoms with van der Waals surface area (Å²) in [5.74, 6) is -1.20. The standard InChI is InChI=1S/C24H24F6N8O4S/c1-12(33-15-9-32-35-20(40)18(15)24(28,29)30)10-42-6-3-17(39)37-4-5-38-19-16(36(2)21(41)22(38,43)11-37)7-13(23(25,26)27)14(8-31)34-19/h7,9,12,43H,3-6,10-11H2,1-2H3,(H2,33,35,40)/t12-,22-/m0/s1. The Hall–Kier alpha value is -4.05. The number of halogens is 6. The van der Waals surface area contributed by atoms with Crippen LogP contribution in [0.4, 0.5) is 43.5 Å². The number of aromatic amines is 1. The van der Waals surface area contributed by atoms with Crippen LogP contribution in [-0.4, -0.2) is 82.7 Å². The van der Waals surface area contributed by atoms with Gasteiger partial charge in [0.2, 0.25) is 5.91 Å². The number of fused-ring (bicyclic) bond motifs is 3. The maximum Gasteiger partial charge on any atom is 0.423 e. The number of nitrogens with one attached hydrogen (secondary N) is 2. The number of likely N-dealkylation sites (N-methyl/N-ethyl adjacent to an activating group) is 1. The van der Waals surface area contributed by atoms with Crippen molar-refractivity contribution < 1.29 is 40.7 Å². The van der Waals surface area contributed by atoms with E-state index in [9.17, 15) is 46.0 Å². The van der Waals surface area contributed by atoms with Crippen LogP contribution in [-0.2, 0) is 26.7 Å². The number of ether oxygens (including phenoxy) is 1. The number of anilines is 3. The summed E-state index contributed by atoms with van der Waals surface area (Å²) in [5.41, 5.74) is -5.68. The normalized spacial score (nSPS) is 19.4. The highest BCUT2D eigenvalue weighted by atomic mass is 32.1. The number of pyridine rings is 1. The smallest absolute Gasteiger partial charge is 0.379 e. The molecule has 4 heterocycles. The van der Waals surface area contributed by atoms with Crippen LogP contribution >= 0.6 is 12.6 Å². The molecule has 1 fully saturated rings. The van der Waals surface area contributed by atoms with Crippen molar-refractivity contribution in [1.29, 1.82) is 5.26 Å². The largest absolute Gasteiger partial charge is 0.423 e. The summed E-state index contributed by atoms with van der Waals surface area (Å²) in [6.45, 7) is 1.01. The van der Waals surface area contributed by atoms with Crippen LogP contribution in [0.1, 0.15) is 30.2 Å². The molecular formula is C24H24F6N8O4S. The molecule has 0 aromatic carbocycles. The molecule has 0 radical (unpaired) electrons. The highest BCUT2D eigenvalue weighted by Gasteiger charge is 2.53. The van der Waals surface area contributed by atoms with E-state index in [-0.39, 0.29) is 50.8 Å². The minimum absolute atomic E-state index is 0.0291. The lowest BCUT2D eigenvalue weighted by atomic mass is 10.0. The van der Waals surface area contributed by atoms with E-state index in [0.29, 0.717) is 6.07 Å². The Kier molecular flexibility index (Phi) is 8.57. The fourth-order valence-corrected chi connectivity index (χ4v) is 5.32. The van der Waals surface area contributed by atoms with Crippen molar-refractivity contribution in [3.05, 3.63) is 39.4 Å². The summed E-state index contributed by atoms with van der Waals surface area (Å²) >= 11 is 4.52. The number of hydrogen-bond acceptors (Lipinski definition) is 10. The van der Waals surface area contributed by atoms with Crippen LogP contribution in [0.15, 0.2) is 17.1 Å². The summed E-state index contributed by atoms with van der Waals surface area (Å²) < 4.78 is 85.6. The molecule has 0 bridgehead atoms. The Balaban J connectivity index is 1.38. The van der Waals surface area contributed by atoms with Gasteiger partial charge >= 0.3 is 12.4 Å². The number of nitrogens with zero attached hydrogens (tertiary/aromatic N) is 6. The van der Waals surface area contributed by atoms with E-state index in [4.69, 9.17) is 4.74 Å². The molecule has 2 aliphatic heterocycles. The zero-order valence-corrected chi connectivity index (χ0v) is 23.4. The van der Waals surface area contributed by atoms with Crippen molar-refractivity contribution in [1.82, 2.24) is 20.1 Å². The number of aromatic nitrogens is 3. The van der Waals surface area contributed by atoms with Gasteiger partial charge in [-0.05, 0) is 13.0 Å². The van der Waals surface area contributed by atoms with E-state index in [1.807, 2.05) is 0 Å². The van der Waals surface area contributed by atoms with Gasteiger partial charge in [0.05, 0.1) is 49.3 Å². The van der Waals surface area contributed by atoms with Crippen LogP contribution < -0.4 is 20.7 Å². The molecule has 0 unspecified atom stereocenters. The van der Waals surface area contributed by atoms with Crippen LogP contribution in [0.2, 0.25) is 0 Å². The van der Waals surface area contributed by atoms with Crippen molar-refractivity contribution in [2.24, 2.45) is 0 Å². The van der Waals surface area contributed by atoms with Crippen LogP contribution in [0.3, 0.4) is 0 Å². The third-order valence-corrected chi connectivity index (χ3v) is 7.41. The molecule has 19 heteroatoms. The number of nitriles is 1. The highest BCUT2D eigenvalue weighted by Crippen LogP contribution is 2.45. The van der Waals surface area contributed by atoms with Gasteiger partial charge in [-0.2, -0.15) is 36.7 Å². The molecule has 232 valence electrons. The Bertz CT molecular complexity index is 1530. The maximum atomic E-state index is 13.5. The summed E-state index contributed by atoms with van der Waals surface area (Å²) in [5, 5.41) is 16.9. The number of rotatable bonds is 7. The second-order valence-corrected chi connectivity index (χ2v) is 10.6. The summed E-state index contributed by atoms with van der Waals surface area (Å²) in [6, 6.07) is 1.42. The fourth-order valence-electron chi connectivity index (χ4n) is 4.80. The summed E-state index contributed by atoms with van der Waals surface area (Å²) in [7, 11) is 1.24. The van der Waals surface area contributed by atoms with E-state index in [1.54, 1.807) is 5.10 Å². The van der Waals surface area contributed by atoms with Crippen molar-refractivity contribution in [2.75, 3.05) is 55.0 Å². The highest BCUT2D eigenvalue weighted by molar-refractivity contribution is 7.83. The van der Waals surface area contributed by atoms with Gasteiger partial charge in [0.25, 0.3) is 11.5 Å². The predicted molar refractivity (Wildman–Crippen MR) is 141 cm³/mol. The molecule has 2 N–H and O–H groups in total. The number of thiol groups is 1. The van der Waals surface area contributed by atoms with Gasteiger partial charge in [-0.3, -0.25) is 14.4 Å². The number of carbonyl (C=O) groups is 2. The molecule has 2 aromatic rings. The molecule has 2 amide bonds. The average molecular weight is 635 g/mol. The molecule has 4 rings (SSSR count).